The van der Waals surface area contributed by atoms with E-state index in [-0.39, 0.29) is 0 Å². The number of allylic oxidation sites excluding steroid dienone is 4. The molecule has 1 aliphatic heterocycles. The second-order valence-electron chi connectivity index (χ2n) is 5.23. The average Bonchev–Trinajstić information content (AvgIpc) is 2.88. The summed E-state index contributed by atoms with van der Waals surface area (Å²) < 4.78 is 3.21. The minimum atomic E-state index is -1.54. The molecule has 0 aromatic rings. The Morgan fingerprint density at radius 2 is 2.27 bits per heavy atom. The van der Waals surface area contributed by atoms with Crippen molar-refractivity contribution in [1.82, 2.24) is 5.32 Å². The van der Waals surface area contributed by atoms with Crippen LogP contribution in [0.15, 0.2) is 40.1 Å². The highest BCUT2D eigenvalue weighted by atomic mass is 35.5. The molecule has 0 spiro atoms. The van der Waals surface area contributed by atoms with Crippen LogP contribution in [0.5, 0.6) is 0 Å². The van der Waals surface area contributed by atoms with Gasteiger partial charge in [0.25, 0.3) is 0 Å². The molecule has 0 saturated heterocycles. The summed E-state index contributed by atoms with van der Waals surface area (Å²) in [5.74, 6) is -0.538. The predicted octanol–water partition coefficient (Wildman–Crippen LogP) is 2.68. The van der Waals surface area contributed by atoms with Crippen LogP contribution in [0, 0.1) is 0 Å². The Morgan fingerprint density at radius 1 is 1.55 bits per heavy atom. The molecule has 0 bridgehead atoms. The second kappa shape index (κ2) is 6.96. The largest absolute Gasteiger partial charge is 0.468 e. The quantitative estimate of drug-likeness (QED) is 0.458. The summed E-state index contributed by atoms with van der Waals surface area (Å²) in [7, 11) is 1.27. The lowest BCUT2D eigenvalue weighted by molar-refractivity contribution is -0.144. The Hall–Kier alpha value is -1.14. The van der Waals surface area contributed by atoms with E-state index in [1.807, 2.05) is 18.2 Å². The lowest BCUT2D eigenvalue weighted by Gasteiger charge is -2.25. The molecule has 0 saturated carbocycles. The highest BCUT2D eigenvalue weighted by molar-refractivity contribution is 6.48. The highest BCUT2D eigenvalue weighted by Gasteiger charge is 2.34. The Labute approximate surface area is 139 Å². The van der Waals surface area contributed by atoms with Crippen LogP contribution in [-0.2, 0) is 14.6 Å². The summed E-state index contributed by atoms with van der Waals surface area (Å²) in [6.45, 7) is 1.38. The normalized spacial score (nSPS) is 19.8. The van der Waals surface area contributed by atoms with Gasteiger partial charge in [-0.25, -0.2) is 5.11 Å². The molecule has 2 atom stereocenters. The maximum Gasteiger partial charge on any atom is 0.323 e. The third kappa shape index (κ3) is 3.98. The van der Waals surface area contributed by atoms with Crippen molar-refractivity contribution in [3.63, 3.8) is 0 Å². The van der Waals surface area contributed by atoms with Gasteiger partial charge in [-0.15, -0.1) is 0 Å². The van der Waals surface area contributed by atoms with E-state index < -0.39 is 22.6 Å². The first-order valence-electron chi connectivity index (χ1n) is 6.83. The zero-order chi connectivity index (χ0) is 16.3. The van der Waals surface area contributed by atoms with Gasteiger partial charge in [-0.2, -0.15) is 0 Å². The van der Waals surface area contributed by atoms with Gasteiger partial charge in [-0.3, -0.25) is 15.1 Å². The molecular formula is C15H17Cl2N2O3. The van der Waals surface area contributed by atoms with Gasteiger partial charge in [0.1, 0.15) is 6.04 Å². The van der Waals surface area contributed by atoms with Gasteiger partial charge in [0.2, 0.25) is 0 Å². The van der Waals surface area contributed by atoms with Gasteiger partial charge in [0.05, 0.1) is 12.8 Å². The summed E-state index contributed by atoms with van der Waals surface area (Å²) in [5, 5.41) is 14.6. The fraction of sp³-hybridized carbons (Fsp3) is 0.467. The number of ether oxygens (including phenoxy) is 1. The van der Waals surface area contributed by atoms with Crippen molar-refractivity contribution in [2.75, 3.05) is 7.11 Å². The molecule has 1 N–H and O–H groups in total. The zero-order valence-electron chi connectivity index (χ0n) is 12.3. The van der Waals surface area contributed by atoms with E-state index >= 15 is 0 Å². The van der Waals surface area contributed by atoms with Crippen molar-refractivity contribution in [2.45, 2.75) is 36.4 Å². The van der Waals surface area contributed by atoms with Crippen LogP contribution in [-0.4, -0.2) is 35.9 Å². The number of halogens is 2. The number of esters is 1. The van der Waals surface area contributed by atoms with Gasteiger partial charge in [0, 0.05) is 12.6 Å². The molecule has 119 valence electrons. The zero-order valence-corrected chi connectivity index (χ0v) is 13.8. The van der Waals surface area contributed by atoms with Crippen LogP contribution in [0.4, 0.5) is 0 Å². The summed E-state index contributed by atoms with van der Waals surface area (Å²) in [4.78, 5) is 16.2. The molecule has 22 heavy (non-hydrogen) atoms. The number of methoxy groups -OCH3 is 1. The predicted molar refractivity (Wildman–Crippen MR) is 85.5 cm³/mol. The highest BCUT2D eigenvalue weighted by Crippen LogP contribution is 2.31. The van der Waals surface area contributed by atoms with Crippen LogP contribution >= 0.6 is 23.2 Å². The smallest absolute Gasteiger partial charge is 0.323 e. The standard InChI is InChI=1S/C15H17Cl2N2O3/c1-15(16,17)14(21)19-12(13(20)22-2)7-9-8-18-11-6-4-3-5-10(9)11/h3-4,6,8,12,14,19H,5,7H2,1-2H3/t12-,14?/m0/s1. The molecule has 0 amide bonds. The van der Waals surface area contributed by atoms with E-state index in [0.29, 0.717) is 6.42 Å². The van der Waals surface area contributed by atoms with Gasteiger partial charge in [-0.05, 0) is 30.6 Å². The number of fused-ring (bicyclic) bond motifs is 1. The lowest BCUT2D eigenvalue weighted by atomic mass is 9.96. The summed E-state index contributed by atoms with van der Waals surface area (Å²) >= 11 is 11.6. The van der Waals surface area contributed by atoms with Gasteiger partial charge in [0.15, 0.2) is 10.6 Å². The van der Waals surface area contributed by atoms with Crippen LogP contribution in [0.1, 0.15) is 19.8 Å². The maximum absolute atomic E-state index is 12.0. The monoisotopic (exact) mass is 343 g/mol. The van der Waals surface area contributed by atoms with Gasteiger partial charge in [-0.1, -0.05) is 35.4 Å². The lowest BCUT2D eigenvalue weighted by Crippen LogP contribution is -2.49. The number of aliphatic imine (C=N–C) groups is 1. The van der Waals surface area contributed by atoms with Crippen LogP contribution in [0.25, 0.3) is 0 Å². The first-order valence-corrected chi connectivity index (χ1v) is 7.59. The SMILES string of the molecule is COC(=O)[C@H](CC1=C2CC=CC=C2N=C1)NC([O])C(C)(Cl)Cl. The fourth-order valence-corrected chi connectivity index (χ4v) is 2.40. The van der Waals surface area contributed by atoms with Crippen molar-refractivity contribution in [1.29, 1.82) is 0 Å². The Kier molecular flexibility index (Phi) is 5.45. The average molecular weight is 344 g/mol. The van der Waals surface area contributed by atoms with Crippen molar-refractivity contribution in [2.24, 2.45) is 4.99 Å². The molecule has 0 aromatic carbocycles. The van der Waals surface area contributed by atoms with Crippen molar-refractivity contribution in [3.8, 4) is 0 Å². The Balaban J connectivity index is 2.15. The van der Waals surface area contributed by atoms with E-state index in [4.69, 9.17) is 27.9 Å². The molecule has 0 fully saturated rings. The van der Waals surface area contributed by atoms with Crippen molar-refractivity contribution < 1.29 is 14.6 Å². The Bertz CT molecular complexity index is 574. The number of nitrogens with zero attached hydrogens (tertiary/aromatic N) is 1. The summed E-state index contributed by atoms with van der Waals surface area (Å²) in [6, 6.07) is -0.830. The second-order valence-corrected chi connectivity index (χ2v) is 6.99. The minimum Gasteiger partial charge on any atom is -0.468 e. The van der Waals surface area contributed by atoms with E-state index in [2.05, 4.69) is 10.3 Å². The molecule has 0 aromatic heterocycles. The maximum atomic E-state index is 12.0. The first-order chi connectivity index (χ1) is 10.3. The Morgan fingerprint density at radius 3 is 2.91 bits per heavy atom. The molecule has 1 unspecified atom stereocenters. The van der Waals surface area contributed by atoms with Crippen molar-refractivity contribution in [3.05, 3.63) is 35.1 Å². The molecule has 1 aliphatic carbocycles. The third-order valence-electron chi connectivity index (χ3n) is 3.49. The van der Waals surface area contributed by atoms with Crippen LogP contribution in [0.3, 0.4) is 0 Å². The van der Waals surface area contributed by atoms with Gasteiger partial charge < -0.3 is 4.74 Å². The minimum absolute atomic E-state index is 0.291. The van der Waals surface area contributed by atoms with E-state index in [0.717, 1.165) is 23.3 Å². The fourth-order valence-electron chi connectivity index (χ4n) is 2.27. The number of carbonyl (C=O) groups excluding carboxylic acids is 1. The van der Waals surface area contributed by atoms with Crippen LogP contribution in [0.2, 0.25) is 0 Å². The summed E-state index contributed by atoms with van der Waals surface area (Å²) in [6.07, 6.45) is 7.09. The number of hydrogen-bond donors (Lipinski definition) is 1. The number of rotatable bonds is 6. The number of nitrogens with one attached hydrogen (secondary N) is 1. The molecule has 1 heterocycles. The molecule has 2 rings (SSSR count). The molecule has 7 heteroatoms. The first kappa shape index (κ1) is 17.2. The molecule has 2 aliphatic rings. The topological polar surface area (TPSA) is 70.6 Å². The molecular weight excluding hydrogens is 327 g/mol. The third-order valence-corrected chi connectivity index (χ3v) is 3.89. The van der Waals surface area contributed by atoms with Gasteiger partial charge >= 0.3 is 5.97 Å². The van der Waals surface area contributed by atoms with E-state index in [1.165, 1.54) is 14.0 Å². The van der Waals surface area contributed by atoms with Crippen LogP contribution < -0.4 is 5.32 Å². The van der Waals surface area contributed by atoms with Crippen molar-refractivity contribution >= 4 is 35.4 Å². The number of carbonyl (C=O) groups is 1. The number of alkyl halides is 2. The van der Waals surface area contributed by atoms with E-state index in [1.54, 1.807) is 6.21 Å². The molecule has 1 radical (unpaired) electrons. The van der Waals surface area contributed by atoms with E-state index in [9.17, 15) is 9.90 Å². The number of hydrogen-bond acceptors (Lipinski definition) is 4. The summed E-state index contributed by atoms with van der Waals surface area (Å²) in [5.41, 5.74) is 2.84. The molecule has 5 nitrogen and oxygen atoms in total.